The monoisotopic (exact) mass is 423 g/mol. The van der Waals surface area contributed by atoms with E-state index in [2.05, 4.69) is 5.32 Å². The lowest BCUT2D eigenvalue weighted by molar-refractivity contribution is -0.119. The molecule has 0 fully saturated rings. The summed E-state index contributed by atoms with van der Waals surface area (Å²) in [6.45, 7) is -0.583. The minimum Gasteiger partial charge on any atom is -0.507 e. The van der Waals surface area contributed by atoms with Crippen LogP contribution in [0.25, 0.3) is 10.8 Å². The molecule has 0 spiro atoms. The van der Waals surface area contributed by atoms with Crippen molar-refractivity contribution in [2.24, 2.45) is 0 Å². The van der Waals surface area contributed by atoms with Gasteiger partial charge in [0.05, 0.1) is 15.7 Å². The average molecular weight is 425 g/mol. The van der Waals surface area contributed by atoms with E-state index in [1.807, 2.05) is 12.1 Å². The zero-order valence-corrected chi connectivity index (χ0v) is 15.9. The Kier molecular flexibility index (Phi) is 5.75. The minimum atomic E-state index is -0.832. The number of halogens is 3. The molecular weight excluding hydrogens is 413 g/mol. The molecule has 0 aromatic heterocycles. The highest BCUT2D eigenvalue weighted by Crippen LogP contribution is 2.33. The molecule has 0 aliphatic rings. The van der Waals surface area contributed by atoms with Gasteiger partial charge in [0.2, 0.25) is 0 Å². The molecular formula is C19H12Cl3NO4. The number of carbonyl (C=O) groups excluding carboxylic acids is 2. The first-order valence-electron chi connectivity index (χ1n) is 7.68. The van der Waals surface area contributed by atoms with Crippen molar-refractivity contribution in [2.45, 2.75) is 0 Å². The lowest BCUT2D eigenvalue weighted by Crippen LogP contribution is -2.21. The second-order valence-electron chi connectivity index (χ2n) is 5.59. The summed E-state index contributed by atoms with van der Waals surface area (Å²) in [7, 11) is 0. The molecule has 0 radical (unpaired) electrons. The second-order valence-corrected chi connectivity index (χ2v) is 6.84. The van der Waals surface area contributed by atoms with Crippen molar-refractivity contribution in [3.8, 4) is 5.75 Å². The van der Waals surface area contributed by atoms with Gasteiger partial charge in [0.1, 0.15) is 11.3 Å². The summed E-state index contributed by atoms with van der Waals surface area (Å²) in [6, 6.07) is 13.0. The molecule has 0 aliphatic heterocycles. The van der Waals surface area contributed by atoms with Gasteiger partial charge in [-0.3, -0.25) is 4.79 Å². The number of esters is 1. The number of benzene rings is 3. The molecule has 0 unspecified atom stereocenters. The number of rotatable bonds is 4. The first kappa shape index (κ1) is 19.3. The molecule has 3 aromatic rings. The third-order valence-electron chi connectivity index (χ3n) is 3.69. The maximum absolute atomic E-state index is 12.2. The third kappa shape index (κ3) is 4.45. The van der Waals surface area contributed by atoms with Gasteiger partial charge in [0, 0.05) is 5.02 Å². The maximum atomic E-state index is 12.2. The van der Waals surface area contributed by atoms with Crippen LogP contribution in [0.3, 0.4) is 0 Å². The second kappa shape index (κ2) is 8.05. The van der Waals surface area contributed by atoms with E-state index in [0.29, 0.717) is 5.02 Å². The average Bonchev–Trinajstić information content (AvgIpc) is 2.62. The van der Waals surface area contributed by atoms with Crippen molar-refractivity contribution >= 4 is 63.1 Å². The lowest BCUT2D eigenvalue weighted by Gasteiger charge is -2.11. The summed E-state index contributed by atoms with van der Waals surface area (Å²) in [5.41, 5.74) is 0.126. The Labute approximate surface area is 169 Å². The zero-order chi connectivity index (χ0) is 19.6. The number of carbonyl (C=O) groups is 2. The van der Waals surface area contributed by atoms with Crippen LogP contribution in [0.1, 0.15) is 10.4 Å². The number of ether oxygens (including phenoxy) is 1. The fraction of sp³-hybridized carbons (Fsp3) is 0.0526. The topological polar surface area (TPSA) is 75.6 Å². The quantitative estimate of drug-likeness (QED) is 0.557. The predicted molar refractivity (Wildman–Crippen MR) is 106 cm³/mol. The number of nitrogens with one attached hydrogen (secondary N) is 1. The van der Waals surface area contributed by atoms with Crippen molar-refractivity contribution in [1.29, 1.82) is 0 Å². The summed E-state index contributed by atoms with van der Waals surface area (Å²) < 4.78 is 4.97. The van der Waals surface area contributed by atoms with Gasteiger partial charge >= 0.3 is 5.97 Å². The van der Waals surface area contributed by atoms with Crippen molar-refractivity contribution in [3.63, 3.8) is 0 Å². The highest BCUT2D eigenvalue weighted by Gasteiger charge is 2.17. The lowest BCUT2D eigenvalue weighted by atomic mass is 10.1. The van der Waals surface area contributed by atoms with Crippen LogP contribution in [0.2, 0.25) is 15.1 Å². The van der Waals surface area contributed by atoms with E-state index < -0.39 is 18.5 Å². The van der Waals surface area contributed by atoms with Gasteiger partial charge in [-0.15, -0.1) is 0 Å². The Balaban J connectivity index is 1.69. The van der Waals surface area contributed by atoms with Crippen molar-refractivity contribution in [2.75, 3.05) is 11.9 Å². The number of amides is 1. The number of fused-ring (bicyclic) bond motifs is 1. The summed E-state index contributed by atoms with van der Waals surface area (Å²) in [6.07, 6.45) is 0. The van der Waals surface area contributed by atoms with Crippen molar-refractivity contribution in [1.82, 2.24) is 0 Å². The first-order valence-corrected chi connectivity index (χ1v) is 8.82. The minimum absolute atomic E-state index is 0.0379. The molecule has 0 atom stereocenters. The third-order valence-corrected chi connectivity index (χ3v) is 4.50. The van der Waals surface area contributed by atoms with E-state index in [0.717, 1.165) is 10.8 Å². The van der Waals surface area contributed by atoms with E-state index >= 15 is 0 Å². The molecule has 8 heteroatoms. The highest BCUT2D eigenvalue weighted by molar-refractivity contribution is 6.42. The molecule has 2 N–H and O–H groups in total. The fourth-order valence-electron chi connectivity index (χ4n) is 2.44. The van der Waals surface area contributed by atoms with Gasteiger partial charge in [0.15, 0.2) is 6.61 Å². The van der Waals surface area contributed by atoms with E-state index in [1.165, 1.54) is 24.3 Å². The molecule has 0 saturated carbocycles. The molecule has 0 aliphatic carbocycles. The van der Waals surface area contributed by atoms with Crippen LogP contribution in [-0.4, -0.2) is 23.6 Å². The fourth-order valence-corrected chi connectivity index (χ4v) is 3.35. The van der Waals surface area contributed by atoms with E-state index in [9.17, 15) is 14.7 Å². The maximum Gasteiger partial charge on any atom is 0.342 e. The van der Waals surface area contributed by atoms with E-state index in [4.69, 9.17) is 39.5 Å². The van der Waals surface area contributed by atoms with Gasteiger partial charge < -0.3 is 15.2 Å². The Morgan fingerprint density at radius 1 is 0.963 bits per heavy atom. The molecule has 27 heavy (non-hydrogen) atoms. The van der Waals surface area contributed by atoms with Crippen molar-refractivity contribution < 1.29 is 19.4 Å². The first-order chi connectivity index (χ1) is 12.8. The summed E-state index contributed by atoms with van der Waals surface area (Å²) in [5, 5.41) is 14.6. The van der Waals surface area contributed by atoms with Crippen molar-refractivity contribution in [3.05, 3.63) is 69.2 Å². The number of aromatic hydroxyl groups is 1. The number of phenolic OH excluding ortho intramolecular Hbond substituents is 1. The Hall–Kier alpha value is -2.47. The van der Waals surface area contributed by atoms with Crippen LogP contribution < -0.4 is 5.32 Å². The summed E-state index contributed by atoms with van der Waals surface area (Å²) in [4.78, 5) is 24.2. The van der Waals surface area contributed by atoms with Gasteiger partial charge in [-0.25, -0.2) is 4.79 Å². The molecule has 3 rings (SSSR count). The van der Waals surface area contributed by atoms with Gasteiger partial charge in [-0.2, -0.15) is 0 Å². The zero-order valence-electron chi connectivity index (χ0n) is 13.6. The summed E-state index contributed by atoms with van der Waals surface area (Å²) in [5.74, 6) is -1.71. The molecule has 0 bridgehead atoms. The largest absolute Gasteiger partial charge is 0.507 e. The van der Waals surface area contributed by atoms with E-state index in [-0.39, 0.29) is 27.0 Å². The molecule has 0 heterocycles. The summed E-state index contributed by atoms with van der Waals surface area (Å²) >= 11 is 17.8. The van der Waals surface area contributed by atoms with Crippen LogP contribution in [-0.2, 0) is 9.53 Å². The molecule has 138 valence electrons. The number of anilines is 1. The SMILES string of the molecule is O=C(COC(=O)c1cc2ccccc2cc1O)Nc1c(Cl)cc(Cl)cc1Cl. The smallest absolute Gasteiger partial charge is 0.342 e. The normalized spacial score (nSPS) is 10.6. The van der Waals surface area contributed by atoms with Gasteiger partial charge in [-0.1, -0.05) is 59.1 Å². The number of hydrogen-bond donors (Lipinski definition) is 2. The van der Waals surface area contributed by atoms with Gasteiger partial charge in [0.25, 0.3) is 5.91 Å². The molecule has 1 amide bonds. The van der Waals surface area contributed by atoms with Gasteiger partial charge in [-0.05, 0) is 35.0 Å². The van der Waals surface area contributed by atoms with Crippen LogP contribution in [0.4, 0.5) is 5.69 Å². The number of hydrogen-bond acceptors (Lipinski definition) is 4. The Morgan fingerprint density at radius 2 is 1.56 bits per heavy atom. The van der Waals surface area contributed by atoms with Crippen LogP contribution in [0.15, 0.2) is 48.5 Å². The highest BCUT2D eigenvalue weighted by atomic mass is 35.5. The predicted octanol–water partition coefficient (Wildman–Crippen LogP) is 5.30. The van der Waals surface area contributed by atoms with E-state index in [1.54, 1.807) is 12.1 Å². The van der Waals surface area contributed by atoms with Crippen LogP contribution in [0.5, 0.6) is 5.75 Å². The molecule has 3 aromatic carbocycles. The van der Waals surface area contributed by atoms with Crippen LogP contribution in [0, 0.1) is 0 Å². The molecule has 5 nitrogen and oxygen atoms in total. The molecule has 0 saturated heterocycles. The Bertz CT molecular complexity index is 1030. The van der Waals surface area contributed by atoms with Crippen LogP contribution >= 0.6 is 34.8 Å². The standard InChI is InChI=1S/C19H12Cl3NO4/c20-12-7-14(21)18(15(22)8-12)23-17(25)9-27-19(26)13-5-10-3-1-2-4-11(10)6-16(13)24/h1-8,24H,9H2,(H,23,25). The number of phenols is 1. The Morgan fingerprint density at radius 3 is 2.19 bits per heavy atom.